The van der Waals surface area contributed by atoms with E-state index in [1.54, 1.807) is 13.2 Å². The fraction of sp³-hybridized carbons (Fsp3) is 0.105. The molecule has 0 aliphatic rings. The Morgan fingerprint density at radius 2 is 1.82 bits per heavy atom. The van der Waals surface area contributed by atoms with Crippen LogP contribution in [-0.2, 0) is 0 Å². The van der Waals surface area contributed by atoms with Gasteiger partial charge in [-0.05, 0) is 31.2 Å². The molecular formula is C19H16O3. The first-order chi connectivity index (χ1) is 10.7. The van der Waals surface area contributed by atoms with Crippen molar-refractivity contribution in [2.45, 2.75) is 6.92 Å². The van der Waals surface area contributed by atoms with E-state index in [0.717, 1.165) is 27.8 Å². The molecule has 0 fully saturated rings. The van der Waals surface area contributed by atoms with Crippen molar-refractivity contribution in [3.63, 3.8) is 0 Å². The molecule has 110 valence electrons. The van der Waals surface area contributed by atoms with Crippen LogP contribution in [0.2, 0.25) is 0 Å². The maximum atomic E-state index is 12.4. The molecule has 2 aromatic carbocycles. The molecule has 3 rings (SSSR count). The number of ether oxygens (including phenoxy) is 1. The Labute approximate surface area is 128 Å². The Morgan fingerprint density at radius 3 is 2.59 bits per heavy atom. The Morgan fingerprint density at radius 1 is 1.09 bits per heavy atom. The zero-order valence-electron chi connectivity index (χ0n) is 12.5. The monoisotopic (exact) mass is 292 g/mol. The molecule has 0 unspecified atom stereocenters. The third-order valence-electron chi connectivity index (χ3n) is 3.62. The largest absolute Gasteiger partial charge is 0.496 e. The molecule has 0 N–H and O–H groups in total. The first-order valence-electron chi connectivity index (χ1n) is 7.04. The number of hydrogen-bond donors (Lipinski definition) is 0. The second-order valence-electron chi connectivity index (χ2n) is 4.99. The van der Waals surface area contributed by atoms with Gasteiger partial charge in [-0.2, -0.15) is 0 Å². The highest BCUT2D eigenvalue weighted by molar-refractivity contribution is 6.08. The van der Waals surface area contributed by atoms with Gasteiger partial charge in [-0.1, -0.05) is 36.4 Å². The van der Waals surface area contributed by atoms with Crippen molar-refractivity contribution in [1.82, 2.24) is 0 Å². The summed E-state index contributed by atoms with van der Waals surface area (Å²) in [6.45, 7) is 1.90. The van der Waals surface area contributed by atoms with E-state index in [4.69, 9.17) is 9.15 Å². The summed E-state index contributed by atoms with van der Waals surface area (Å²) >= 11 is 0. The summed E-state index contributed by atoms with van der Waals surface area (Å²) in [5.41, 5.74) is 2.45. The summed E-state index contributed by atoms with van der Waals surface area (Å²) in [7, 11) is 1.61. The summed E-state index contributed by atoms with van der Waals surface area (Å²) in [5, 5.41) is 0.969. The summed E-state index contributed by atoms with van der Waals surface area (Å²) in [4.78, 5) is 12.4. The lowest BCUT2D eigenvalue weighted by Gasteiger charge is -2.02. The molecule has 0 atom stereocenters. The van der Waals surface area contributed by atoms with Crippen molar-refractivity contribution in [3.05, 3.63) is 71.5 Å². The van der Waals surface area contributed by atoms with Crippen molar-refractivity contribution in [1.29, 1.82) is 0 Å². The fourth-order valence-corrected chi connectivity index (χ4v) is 2.45. The van der Waals surface area contributed by atoms with E-state index >= 15 is 0 Å². The van der Waals surface area contributed by atoms with Gasteiger partial charge in [0.1, 0.15) is 11.3 Å². The number of hydrogen-bond acceptors (Lipinski definition) is 3. The molecule has 22 heavy (non-hydrogen) atoms. The van der Waals surface area contributed by atoms with Gasteiger partial charge < -0.3 is 9.15 Å². The van der Waals surface area contributed by atoms with Gasteiger partial charge in [-0.15, -0.1) is 0 Å². The second kappa shape index (κ2) is 5.90. The third kappa shape index (κ3) is 2.53. The van der Waals surface area contributed by atoms with Gasteiger partial charge in [0, 0.05) is 16.5 Å². The maximum Gasteiger partial charge on any atom is 0.221 e. The number of methoxy groups -OCH3 is 1. The van der Waals surface area contributed by atoms with Crippen LogP contribution in [0.5, 0.6) is 5.75 Å². The van der Waals surface area contributed by atoms with E-state index in [2.05, 4.69) is 0 Å². The molecule has 0 aliphatic carbocycles. The number of fused-ring (bicyclic) bond motifs is 1. The van der Waals surface area contributed by atoms with Crippen molar-refractivity contribution >= 4 is 22.8 Å². The number of ketones is 1. The van der Waals surface area contributed by atoms with Gasteiger partial charge in [0.05, 0.1) is 7.11 Å². The normalized spacial score (nSPS) is 11.2. The predicted molar refractivity (Wildman–Crippen MR) is 87.3 cm³/mol. The number of carbonyl (C=O) groups excluding carboxylic acids is 1. The average Bonchev–Trinajstić information content (AvgIpc) is 2.90. The van der Waals surface area contributed by atoms with Gasteiger partial charge in [0.2, 0.25) is 5.78 Å². The van der Waals surface area contributed by atoms with E-state index < -0.39 is 0 Å². The van der Waals surface area contributed by atoms with E-state index in [1.807, 2.05) is 55.5 Å². The number of allylic oxidation sites excluding steroid dienone is 1. The first-order valence-corrected chi connectivity index (χ1v) is 7.04. The van der Waals surface area contributed by atoms with Crippen LogP contribution in [0.25, 0.3) is 17.0 Å². The summed E-state index contributed by atoms with van der Waals surface area (Å²) in [5.74, 6) is 0.958. The summed E-state index contributed by atoms with van der Waals surface area (Å²) in [6, 6.07) is 15.2. The third-order valence-corrected chi connectivity index (χ3v) is 3.62. The van der Waals surface area contributed by atoms with Crippen LogP contribution >= 0.6 is 0 Å². The van der Waals surface area contributed by atoms with Gasteiger partial charge in [-0.3, -0.25) is 4.79 Å². The molecule has 0 saturated heterocycles. The van der Waals surface area contributed by atoms with Crippen molar-refractivity contribution in [3.8, 4) is 5.75 Å². The van der Waals surface area contributed by atoms with Crippen LogP contribution in [0, 0.1) is 6.92 Å². The molecule has 0 saturated carbocycles. The van der Waals surface area contributed by atoms with Gasteiger partial charge in [0.15, 0.2) is 5.76 Å². The molecule has 0 aliphatic heterocycles. The Balaban J connectivity index is 1.93. The van der Waals surface area contributed by atoms with Crippen LogP contribution in [0.1, 0.15) is 21.7 Å². The minimum absolute atomic E-state index is 0.153. The highest BCUT2D eigenvalue weighted by Gasteiger charge is 2.15. The fourth-order valence-electron chi connectivity index (χ4n) is 2.45. The number of benzene rings is 2. The van der Waals surface area contributed by atoms with Crippen molar-refractivity contribution < 1.29 is 13.9 Å². The van der Waals surface area contributed by atoms with Gasteiger partial charge >= 0.3 is 0 Å². The highest BCUT2D eigenvalue weighted by atomic mass is 16.5. The average molecular weight is 292 g/mol. The highest BCUT2D eigenvalue weighted by Crippen LogP contribution is 2.26. The molecule has 3 aromatic rings. The molecule has 0 spiro atoms. The van der Waals surface area contributed by atoms with Crippen LogP contribution in [0.4, 0.5) is 0 Å². The quantitative estimate of drug-likeness (QED) is 0.519. The number of aryl methyl sites for hydroxylation is 1. The van der Waals surface area contributed by atoms with Crippen LogP contribution < -0.4 is 4.74 Å². The predicted octanol–water partition coefficient (Wildman–Crippen LogP) is 4.65. The number of furan rings is 1. The lowest BCUT2D eigenvalue weighted by molar-refractivity contribution is 0.102. The van der Waals surface area contributed by atoms with Crippen LogP contribution in [-0.4, -0.2) is 12.9 Å². The number of rotatable bonds is 4. The molecular weight excluding hydrogens is 276 g/mol. The molecule has 0 bridgehead atoms. The zero-order chi connectivity index (χ0) is 15.5. The number of para-hydroxylation sites is 2. The van der Waals surface area contributed by atoms with E-state index in [-0.39, 0.29) is 5.78 Å². The van der Waals surface area contributed by atoms with Crippen LogP contribution in [0.3, 0.4) is 0 Å². The molecule has 1 heterocycles. The van der Waals surface area contributed by atoms with E-state index in [1.165, 1.54) is 6.08 Å². The zero-order valence-corrected chi connectivity index (χ0v) is 12.5. The van der Waals surface area contributed by atoms with E-state index in [9.17, 15) is 4.79 Å². The minimum Gasteiger partial charge on any atom is -0.496 e. The van der Waals surface area contributed by atoms with Crippen molar-refractivity contribution in [2.24, 2.45) is 0 Å². The Kier molecular flexibility index (Phi) is 3.79. The molecule has 0 amide bonds. The Hall–Kier alpha value is -2.81. The lowest BCUT2D eigenvalue weighted by atomic mass is 10.1. The molecule has 1 aromatic heterocycles. The standard InChI is InChI=1S/C19H16O3/c1-13-15-8-4-6-10-18(15)22-19(13)16(20)12-11-14-7-3-5-9-17(14)21-2/h3-12H,1-2H3/b12-11+. The van der Waals surface area contributed by atoms with Crippen LogP contribution in [0.15, 0.2) is 59.0 Å². The van der Waals surface area contributed by atoms with Gasteiger partial charge in [0.25, 0.3) is 0 Å². The molecule has 3 heteroatoms. The summed E-state index contributed by atoms with van der Waals surface area (Å²) < 4.78 is 10.9. The minimum atomic E-state index is -0.153. The summed E-state index contributed by atoms with van der Waals surface area (Å²) in [6.07, 6.45) is 3.26. The SMILES string of the molecule is COc1ccccc1/C=C/C(=O)c1oc2ccccc2c1C. The van der Waals surface area contributed by atoms with Gasteiger partial charge in [-0.25, -0.2) is 0 Å². The molecule has 0 radical (unpaired) electrons. The molecule has 3 nitrogen and oxygen atoms in total. The van der Waals surface area contributed by atoms with E-state index in [0.29, 0.717) is 5.76 Å². The number of carbonyl (C=O) groups is 1. The maximum absolute atomic E-state index is 12.4. The topological polar surface area (TPSA) is 39.4 Å². The second-order valence-corrected chi connectivity index (χ2v) is 4.99. The smallest absolute Gasteiger partial charge is 0.221 e. The lowest BCUT2D eigenvalue weighted by Crippen LogP contribution is -1.94. The first kappa shape index (κ1) is 14.1. The Bertz CT molecular complexity index is 856. The van der Waals surface area contributed by atoms with Crippen molar-refractivity contribution in [2.75, 3.05) is 7.11 Å².